The molecule has 3 aliphatic heterocycles. The van der Waals surface area contributed by atoms with Gasteiger partial charge in [-0.25, -0.2) is 13.6 Å². The minimum atomic E-state index is -2.79. The topological polar surface area (TPSA) is 56.3 Å². The lowest BCUT2D eigenvalue weighted by molar-refractivity contribution is -0.134. The molecule has 4 aliphatic rings. The number of carbonyl (C=O) groups is 2. The number of nitrogens with zero attached hydrogens (tertiary/aromatic N) is 4. The minimum absolute atomic E-state index is 0.0401. The molecule has 0 bridgehead atoms. The summed E-state index contributed by atoms with van der Waals surface area (Å²) in [6.07, 6.45) is 4.31. The monoisotopic (exact) mass is 442 g/mol. The van der Waals surface area contributed by atoms with Gasteiger partial charge in [-0.05, 0) is 57.5 Å². The van der Waals surface area contributed by atoms with Crippen molar-refractivity contribution in [3.63, 3.8) is 0 Å². The number of alkyl halides is 2. The molecule has 0 aromatic heterocycles. The highest BCUT2D eigenvalue weighted by molar-refractivity contribution is 5.82. The zero-order valence-electron chi connectivity index (χ0n) is 19.0. The Morgan fingerprint density at radius 3 is 2.32 bits per heavy atom. The third-order valence-electron chi connectivity index (χ3n) is 7.82. The number of piperidine rings is 1. The lowest BCUT2D eigenvalue weighted by atomic mass is 9.64. The fourth-order valence-electron chi connectivity index (χ4n) is 6.17. The summed E-state index contributed by atoms with van der Waals surface area (Å²) in [6, 6.07) is -0.151. The van der Waals surface area contributed by atoms with Crippen LogP contribution < -0.4 is 0 Å². The van der Waals surface area contributed by atoms with E-state index in [-0.39, 0.29) is 36.4 Å². The molecule has 0 unspecified atom stereocenters. The number of likely N-dealkylation sites (N-methyl/N-ethyl adjacent to an activating group) is 1. The second-order valence-corrected chi connectivity index (χ2v) is 10.2. The Kier molecular flexibility index (Phi) is 6.20. The molecule has 4 fully saturated rings. The first-order valence-corrected chi connectivity index (χ1v) is 11.6. The first-order chi connectivity index (χ1) is 14.6. The van der Waals surface area contributed by atoms with Gasteiger partial charge in [0.05, 0.1) is 19.2 Å². The van der Waals surface area contributed by atoms with Crippen molar-refractivity contribution in [2.24, 2.45) is 5.41 Å². The van der Waals surface area contributed by atoms with Crippen LogP contribution >= 0.6 is 0 Å². The van der Waals surface area contributed by atoms with Crippen molar-refractivity contribution in [3.05, 3.63) is 0 Å². The molecule has 1 saturated carbocycles. The van der Waals surface area contributed by atoms with E-state index in [9.17, 15) is 18.4 Å². The molecule has 7 nitrogen and oxygen atoms in total. The molecule has 1 atom stereocenters. The Bertz CT molecular complexity index is 690. The number of hydrogen-bond donors (Lipinski definition) is 0. The molecule has 3 heterocycles. The first-order valence-electron chi connectivity index (χ1n) is 11.6. The number of hydrogen-bond acceptors (Lipinski definition) is 5. The maximum atomic E-state index is 14.1. The summed E-state index contributed by atoms with van der Waals surface area (Å²) < 4.78 is 33.4. The number of halogens is 2. The summed E-state index contributed by atoms with van der Waals surface area (Å²) in [6.45, 7) is 5.26. The van der Waals surface area contributed by atoms with Crippen LogP contribution in [0.4, 0.5) is 13.6 Å². The van der Waals surface area contributed by atoms with Crippen LogP contribution in [0.25, 0.3) is 0 Å². The van der Waals surface area contributed by atoms with Crippen molar-refractivity contribution >= 4 is 12.0 Å². The van der Waals surface area contributed by atoms with Crippen LogP contribution in [-0.4, -0.2) is 109 Å². The summed E-state index contributed by atoms with van der Waals surface area (Å²) in [7, 11) is 3.27. The van der Waals surface area contributed by atoms with Crippen LogP contribution in [0.3, 0.4) is 0 Å². The van der Waals surface area contributed by atoms with Crippen LogP contribution in [-0.2, 0) is 9.53 Å². The third-order valence-corrected chi connectivity index (χ3v) is 7.82. The average molecular weight is 443 g/mol. The van der Waals surface area contributed by atoms with Gasteiger partial charge in [0, 0.05) is 45.7 Å². The van der Waals surface area contributed by atoms with Crippen LogP contribution in [0.1, 0.15) is 45.4 Å². The molecule has 0 aromatic rings. The highest BCUT2D eigenvalue weighted by Gasteiger charge is 2.53. The van der Waals surface area contributed by atoms with Crippen LogP contribution in [0, 0.1) is 5.41 Å². The molecule has 31 heavy (non-hydrogen) atoms. The number of amides is 2. The second kappa shape index (κ2) is 8.46. The molecular weight excluding hydrogens is 406 g/mol. The molecule has 3 saturated heterocycles. The third kappa shape index (κ3) is 4.53. The quantitative estimate of drug-likeness (QED) is 0.669. The standard InChI is InChI=1S/C22H36F2N4O3/c1-4-31-20(30)27-10-7-21(14-27)11-17(12-21)26-8-5-16(6-9-26)28-15-22(23,24)13-18(28)19(29)25(2)3/h16-18H,4-15H2,1-3H3/t17?,18-,21?/m0/s1. The van der Waals surface area contributed by atoms with Crippen molar-refractivity contribution in [3.8, 4) is 0 Å². The van der Waals surface area contributed by atoms with E-state index in [2.05, 4.69) is 4.90 Å². The van der Waals surface area contributed by atoms with Gasteiger partial charge in [0.25, 0.3) is 5.92 Å². The van der Waals surface area contributed by atoms with Gasteiger partial charge in [-0.15, -0.1) is 0 Å². The minimum Gasteiger partial charge on any atom is -0.450 e. The Morgan fingerprint density at radius 1 is 1.03 bits per heavy atom. The predicted molar refractivity (Wildman–Crippen MR) is 112 cm³/mol. The van der Waals surface area contributed by atoms with E-state index in [1.807, 2.05) is 11.8 Å². The average Bonchev–Trinajstić information content (AvgIpc) is 3.28. The highest BCUT2D eigenvalue weighted by atomic mass is 19.3. The van der Waals surface area contributed by atoms with Gasteiger partial charge in [0.2, 0.25) is 5.91 Å². The van der Waals surface area contributed by atoms with Crippen LogP contribution in [0.2, 0.25) is 0 Å². The normalized spacial score (nSPS) is 34.2. The van der Waals surface area contributed by atoms with Gasteiger partial charge in [-0.1, -0.05) is 0 Å². The first kappa shape index (κ1) is 22.7. The van der Waals surface area contributed by atoms with Crippen molar-refractivity contribution in [2.45, 2.75) is 69.5 Å². The van der Waals surface area contributed by atoms with E-state index in [1.54, 1.807) is 19.0 Å². The molecule has 9 heteroatoms. The van der Waals surface area contributed by atoms with E-state index in [4.69, 9.17) is 4.74 Å². The van der Waals surface area contributed by atoms with Crippen LogP contribution in [0.5, 0.6) is 0 Å². The van der Waals surface area contributed by atoms with E-state index in [1.165, 1.54) is 4.90 Å². The van der Waals surface area contributed by atoms with E-state index < -0.39 is 12.0 Å². The smallest absolute Gasteiger partial charge is 0.409 e. The van der Waals surface area contributed by atoms with Crippen molar-refractivity contribution in [2.75, 3.05) is 53.4 Å². The second-order valence-electron chi connectivity index (χ2n) is 10.2. The number of rotatable bonds is 4. The molecular formula is C22H36F2N4O3. The lowest BCUT2D eigenvalue weighted by Crippen LogP contribution is -2.57. The molecule has 0 N–H and O–H groups in total. The molecule has 4 rings (SSSR count). The fourth-order valence-corrected chi connectivity index (χ4v) is 6.17. The van der Waals surface area contributed by atoms with Gasteiger partial charge < -0.3 is 19.4 Å². The Morgan fingerprint density at radius 2 is 1.71 bits per heavy atom. The lowest BCUT2D eigenvalue weighted by Gasteiger charge is -2.52. The molecule has 0 aromatic carbocycles. The number of likely N-dealkylation sites (tertiary alicyclic amines) is 3. The molecule has 2 amide bonds. The molecule has 0 radical (unpaired) electrons. The molecule has 1 spiro atoms. The molecule has 176 valence electrons. The van der Waals surface area contributed by atoms with Gasteiger partial charge in [0.15, 0.2) is 0 Å². The Labute approximate surface area is 183 Å². The molecule has 1 aliphatic carbocycles. The maximum Gasteiger partial charge on any atom is 0.409 e. The fraction of sp³-hybridized carbons (Fsp3) is 0.909. The van der Waals surface area contributed by atoms with Crippen molar-refractivity contribution < 1.29 is 23.1 Å². The van der Waals surface area contributed by atoms with E-state index >= 15 is 0 Å². The summed E-state index contributed by atoms with van der Waals surface area (Å²) in [5, 5.41) is 0. The van der Waals surface area contributed by atoms with Gasteiger partial charge in [0.1, 0.15) is 0 Å². The summed E-state index contributed by atoms with van der Waals surface area (Å²) in [5.74, 6) is -3.01. The van der Waals surface area contributed by atoms with Crippen LogP contribution in [0.15, 0.2) is 0 Å². The predicted octanol–water partition coefficient (Wildman–Crippen LogP) is 2.26. The van der Waals surface area contributed by atoms with E-state index in [0.717, 1.165) is 58.3 Å². The largest absolute Gasteiger partial charge is 0.450 e. The van der Waals surface area contributed by atoms with Crippen molar-refractivity contribution in [1.29, 1.82) is 0 Å². The zero-order valence-corrected chi connectivity index (χ0v) is 19.0. The SMILES string of the molecule is CCOC(=O)N1CCC2(CC(N3CCC(N4CC(F)(F)C[C@H]4C(=O)N(C)C)CC3)C2)C1. The summed E-state index contributed by atoms with van der Waals surface area (Å²) in [5.41, 5.74) is 0.231. The maximum absolute atomic E-state index is 14.1. The van der Waals surface area contributed by atoms with Gasteiger partial charge in [-0.3, -0.25) is 9.69 Å². The number of ether oxygens (including phenoxy) is 1. The highest BCUT2D eigenvalue weighted by Crippen LogP contribution is 2.50. The van der Waals surface area contributed by atoms with Gasteiger partial charge >= 0.3 is 6.09 Å². The van der Waals surface area contributed by atoms with Crippen molar-refractivity contribution in [1.82, 2.24) is 19.6 Å². The Balaban J connectivity index is 1.27. The van der Waals surface area contributed by atoms with E-state index in [0.29, 0.717) is 12.6 Å². The Hall–Kier alpha value is -1.48. The number of carbonyl (C=O) groups excluding carboxylic acids is 2. The summed E-state index contributed by atoms with van der Waals surface area (Å²) >= 11 is 0. The van der Waals surface area contributed by atoms with Gasteiger partial charge in [-0.2, -0.15) is 0 Å². The zero-order chi connectivity index (χ0) is 22.4. The summed E-state index contributed by atoms with van der Waals surface area (Å²) in [4.78, 5) is 32.0.